The first kappa shape index (κ1) is 7.03. The van der Waals surface area contributed by atoms with Crippen LogP contribution in [0.4, 0.5) is 0 Å². The maximum Gasteiger partial charge on any atom is 0.0885 e. The zero-order chi connectivity index (χ0) is 6.69. The van der Waals surface area contributed by atoms with Gasteiger partial charge in [0.2, 0.25) is 0 Å². The molecule has 1 aliphatic rings. The SMILES string of the molecule is [CH2]C(CO[O])C1CCC1. The minimum absolute atomic E-state index is 0.233. The molecule has 1 unspecified atom stereocenters. The fourth-order valence-electron chi connectivity index (χ4n) is 1.13. The molecule has 0 saturated heterocycles. The van der Waals surface area contributed by atoms with E-state index in [4.69, 9.17) is 0 Å². The largest absolute Gasteiger partial charge is 0.204 e. The van der Waals surface area contributed by atoms with Crippen molar-refractivity contribution in [2.45, 2.75) is 19.3 Å². The first-order valence-corrected chi connectivity index (χ1v) is 3.42. The standard InChI is InChI=1S/C7H12O2/c1-6(5-9-8)7-3-2-4-7/h6-7H,1-5H2. The lowest BCUT2D eigenvalue weighted by molar-refractivity contribution is -0.311. The van der Waals surface area contributed by atoms with Gasteiger partial charge in [-0.2, -0.15) is 0 Å². The molecule has 0 bridgehead atoms. The minimum atomic E-state index is 0.233. The summed E-state index contributed by atoms with van der Waals surface area (Å²) in [6.45, 7) is 4.11. The molecule has 0 aromatic carbocycles. The van der Waals surface area contributed by atoms with Gasteiger partial charge in [-0.05, 0) is 24.0 Å². The van der Waals surface area contributed by atoms with Gasteiger partial charge in [-0.1, -0.05) is 19.3 Å². The van der Waals surface area contributed by atoms with Crippen LogP contribution in [0.25, 0.3) is 0 Å². The number of hydrogen-bond acceptors (Lipinski definition) is 1. The Hall–Kier alpha value is -0.0800. The molecule has 0 heterocycles. The van der Waals surface area contributed by atoms with Crippen LogP contribution in [-0.4, -0.2) is 6.61 Å². The van der Waals surface area contributed by atoms with E-state index in [1.807, 2.05) is 0 Å². The molecule has 1 rings (SSSR count). The fraction of sp³-hybridized carbons (Fsp3) is 0.857. The summed E-state index contributed by atoms with van der Waals surface area (Å²) in [4.78, 5) is 3.75. The van der Waals surface area contributed by atoms with Gasteiger partial charge in [-0.15, -0.1) is 0 Å². The lowest BCUT2D eigenvalue weighted by atomic mass is 9.77. The third kappa shape index (κ3) is 1.66. The molecular formula is C7H12O2. The highest BCUT2D eigenvalue weighted by Crippen LogP contribution is 2.32. The van der Waals surface area contributed by atoms with E-state index < -0.39 is 0 Å². The summed E-state index contributed by atoms with van der Waals surface area (Å²) in [7, 11) is 0. The quantitative estimate of drug-likeness (QED) is 0.419. The van der Waals surface area contributed by atoms with Crippen molar-refractivity contribution in [1.82, 2.24) is 0 Å². The molecule has 2 nitrogen and oxygen atoms in total. The average molecular weight is 128 g/mol. The van der Waals surface area contributed by atoms with Crippen LogP contribution in [-0.2, 0) is 10.1 Å². The molecule has 1 saturated carbocycles. The highest BCUT2D eigenvalue weighted by Gasteiger charge is 2.23. The summed E-state index contributed by atoms with van der Waals surface area (Å²) in [6.07, 6.45) is 3.77. The number of rotatable bonds is 3. The third-order valence-corrected chi connectivity index (χ3v) is 2.10. The van der Waals surface area contributed by atoms with Crippen molar-refractivity contribution in [1.29, 1.82) is 0 Å². The van der Waals surface area contributed by atoms with Crippen molar-refractivity contribution < 1.29 is 10.1 Å². The Morgan fingerprint density at radius 3 is 2.67 bits per heavy atom. The van der Waals surface area contributed by atoms with Crippen LogP contribution in [0.1, 0.15) is 19.3 Å². The molecular weight excluding hydrogens is 116 g/mol. The molecule has 0 N–H and O–H groups in total. The summed E-state index contributed by atoms with van der Waals surface area (Å²) in [5, 5.41) is 9.64. The Morgan fingerprint density at radius 1 is 1.67 bits per heavy atom. The molecule has 1 fully saturated rings. The summed E-state index contributed by atoms with van der Waals surface area (Å²) in [5.41, 5.74) is 0. The first-order chi connectivity index (χ1) is 4.34. The maximum absolute atomic E-state index is 9.64. The molecule has 2 radical (unpaired) electrons. The van der Waals surface area contributed by atoms with Crippen LogP contribution in [0.5, 0.6) is 0 Å². The lowest BCUT2D eigenvalue weighted by Gasteiger charge is -2.29. The summed E-state index contributed by atoms with van der Waals surface area (Å²) < 4.78 is 0. The van der Waals surface area contributed by atoms with Gasteiger partial charge < -0.3 is 0 Å². The Labute approximate surface area is 55.8 Å². The highest BCUT2D eigenvalue weighted by atomic mass is 17.1. The normalized spacial score (nSPS) is 23.3. The van der Waals surface area contributed by atoms with Gasteiger partial charge in [0.05, 0.1) is 6.61 Å². The lowest BCUT2D eigenvalue weighted by Crippen LogP contribution is -2.22. The summed E-state index contributed by atoms with van der Waals surface area (Å²) >= 11 is 0. The predicted octanol–water partition coefficient (Wildman–Crippen LogP) is 1.60. The molecule has 0 aliphatic heterocycles. The molecule has 0 aromatic heterocycles. The van der Waals surface area contributed by atoms with Crippen LogP contribution in [0, 0.1) is 18.8 Å². The van der Waals surface area contributed by atoms with Crippen molar-refractivity contribution >= 4 is 0 Å². The minimum Gasteiger partial charge on any atom is -0.204 e. The van der Waals surface area contributed by atoms with E-state index in [9.17, 15) is 5.26 Å². The average Bonchev–Trinajstić information content (AvgIpc) is 1.60. The monoisotopic (exact) mass is 128 g/mol. The molecule has 0 spiro atoms. The third-order valence-electron chi connectivity index (χ3n) is 2.10. The predicted molar refractivity (Wildman–Crippen MR) is 32.8 cm³/mol. The van der Waals surface area contributed by atoms with Gasteiger partial charge in [-0.3, -0.25) is 0 Å². The van der Waals surface area contributed by atoms with E-state index in [0.29, 0.717) is 5.92 Å². The van der Waals surface area contributed by atoms with E-state index in [0.717, 1.165) is 0 Å². The Kier molecular flexibility index (Phi) is 2.49. The van der Waals surface area contributed by atoms with Gasteiger partial charge in [0, 0.05) is 0 Å². The van der Waals surface area contributed by atoms with Gasteiger partial charge >= 0.3 is 0 Å². The molecule has 0 amide bonds. The van der Waals surface area contributed by atoms with Crippen molar-refractivity contribution in [3.05, 3.63) is 6.92 Å². The van der Waals surface area contributed by atoms with E-state index in [2.05, 4.69) is 11.8 Å². The van der Waals surface area contributed by atoms with E-state index in [1.54, 1.807) is 0 Å². The van der Waals surface area contributed by atoms with Gasteiger partial charge in [-0.25, -0.2) is 4.89 Å². The molecule has 1 aliphatic carbocycles. The van der Waals surface area contributed by atoms with Crippen molar-refractivity contribution in [2.24, 2.45) is 11.8 Å². The highest BCUT2D eigenvalue weighted by molar-refractivity contribution is 4.78. The summed E-state index contributed by atoms with van der Waals surface area (Å²) in [5.74, 6) is 0.898. The van der Waals surface area contributed by atoms with Gasteiger partial charge in [0.15, 0.2) is 0 Å². The van der Waals surface area contributed by atoms with Gasteiger partial charge in [0.25, 0.3) is 0 Å². The zero-order valence-electron chi connectivity index (χ0n) is 5.51. The maximum atomic E-state index is 9.64. The van der Waals surface area contributed by atoms with Crippen LogP contribution < -0.4 is 0 Å². The van der Waals surface area contributed by atoms with Crippen molar-refractivity contribution in [3.63, 3.8) is 0 Å². The molecule has 52 valence electrons. The second-order valence-corrected chi connectivity index (χ2v) is 2.74. The molecule has 1 atom stereocenters. The van der Waals surface area contributed by atoms with Gasteiger partial charge in [0.1, 0.15) is 0 Å². The Bertz CT molecular complexity index is 79.0. The fourth-order valence-corrected chi connectivity index (χ4v) is 1.13. The van der Waals surface area contributed by atoms with Crippen LogP contribution >= 0.6 is 0 Å². The topological polar surface area (TPSA) is 29.1 Å². The molecule has 2 heteroatoms. The van der Waals surface area contributed by atoms with E-state index in [1.165, 1.54) is 19.3 Å². The van der Waals surface area contributed by atoms with E-state index in [-0.39, 0.29) is 12.5 Å². The molecule has 9 heavy (non-hydrogen) atoms. The van der Waals surface area contributed by atoms with Crippen molar-refractivity contribution in [2.75, 3.05) is 6.61 Å². The molecule has 0 aromatic rings. The second kappa shape index (κ2) is 3.18. The van der Waals surface area contributed by atoms with E-state index >= 15 is 0 Å². The Morgan fingerprint density at radius 2 is 2.33 bits per heavy atom. The van der Waals surface area contributed by atoms with Crippen LogP contribution in [0.3, 0.4) is 0 Å². The van der Waals surface area contributed by atoms with Crippen LogP contribution in [0.15, 0.2) is 0 Å². The Balaban J connectivity index is 2.08. The zero-order valence-corrected chi connectivity index (χ0v) is 5.51. The smallest absolute Gasteiger partial charge is 0.0885 e. The second-order valence-electron chi connectivity index (χ2n) is 2.74. The van der Waals surface area contributed by atoms with Crippen molar-refractivity contribution in [3.8, 4) is 0 Å². The summed E-state index contributed by atoms with van der Waals surface area (Å²) in [6, 6.07) is 0. The van der Waals surface area contributed by atoms with Crippen LogP contribution in [0.2, 0.25) is 0 Å². The number of hydrogen-bond donors (Lipinski definition) is 0. The first-order valence-electron chi connectivity index (χ1n) is 3.42.